The molecule has 0 amide bonds. The Morgan fingerprint density at radius 3 is 2.90 bits per heavy atom. The van der Waals surface area contributed by atoms with Gasteiger partial charge in [-0.1, -0.05) is 24.1 Å². The third-order valence-corrected chi connectivity index (χ3v) is 5.17. The Labute approximate surface area is 175 Å². The predicted molar refractivity (Wildman–Crippen MR) is 111 cm³/mol. The van der Waals surface area contributed by atoms with Crippen molar-refractivity contribution in [2.45, 2.75) is 19.8 Å². The number of ether oxygens (including phenoxy) is 1. The van der Waals surface area contributed by atoms with Crippen LogP contribution in [-0.2, 0) is 22.5 Å². The van der Waals surface area contributed by atoms with Crippen LogP contribution in [0.5, 0.6) is 0 Å². The van der Waals surface area contributed by atoms with Gasteiger partial charge in [-0.25, -0.2) is 4.79 Å². The third-order valence-electron chi connectivity index (χ3n) is 4.47. The van der Waals surface area contributed by atoms with Crippen molar-refractivity contribution in [2.24, 2.45) is 0 Å². The van der Waals surface area contributed by atoms with E-state index in [9.17, 15) is 4.79 Å². The lowest BCUT2D eigenvalue weighted by atomic mass is 9.83. The largest absolute Gasteiger partial charge is 0.468 e. The summed E-state index contributed by atoms with van der Waals surface area (Å²) >= 11 is 3.50. The maximum Gasteiger partial charge on any atom is 0.331 e. The Hall–Kier alpha value is -3.01. The fraction of sp³-hybridized carbons (Fsp3) is 0.211. The zero-order valence-electron chi connectivity index (χ0n) is 16.0. The first-order valence-electron chi connectivity index (χ1n) is 9.17. The molecule has 0 bridgehead atoms. The highest BCUT2D eigenvalue weighted by Gasteiger charge is 2.22. The van der Waals surface area contributed by atoms with Crippen LogP contribution < -0.4 is 4.80 Å². The molecule has 0 saturated carbocycles. The van der Waals surface area contributed by atoms with Crippen LogP contribution in [0.1, 0.15) is 0 Å². The van der Waals surface area contributed by atoms with Gasteiger partial charge in [-0.05, 0) is 51.1 Å². The lowest BCUT2D eigenvalue weighted by molar-refractivity contribution is -0.808. The number of rotatable bonds is 6. The summed E-state index contributed by atoms with van der Waals surface area (Å²) in [7, 11) is 2.27. The molecule has 2 aromatic heterocycles. The molecule has 29 heavy (non-hydrogen) atoms. The molecule has 8 nitrogen and oxygen atoms in total. The van der Waals surface area contributed by atoms with Gasteiger partial charge in [0, 0.05) is 15.1 Å². The van der Waals surface area contributed by atoms with Gasteiger partial charge < -0.3 is 9.26 Å². The Bertz CT molecular complexity index is 1190. The molecule has 146 valence electrons. The molecule has 0 radical (unpaired) electrons. The molecule has 0 N–H and O–H groups in total. The topological polar surface area (TPSA) is 86.9 Å². The number of carbonyl (C=O) groups is 1. The number of esters is 1. The maximum absolute atomic E-state index is 11.8. The molecule has 2 aromatic carbocycles. The standard InChI is InChI=1S/C19H18BBrN5O3/c1-20-11-26-23-15-9-12(7-8-16(15)25(26)10-17(27)28-2)18-22-19(29-24-18)13-5-3-4-6-14(13)21/h3-9,20H,10-11H2,1-2H3/q+1. The first kappa shape index (κ1) is 19.3. The normalized spacial score (nSPS) is 11.0. The highest BCUT2D eigenvalue weighted by Crippen LogP contribution is 2.29. The monoisotopic (exact) mass is 454 g/mol. The van der Waals surface area contributed by atoms with Crippen molar-refractivity contribution in [1.29, 1.82) is 0 Å². The minimum atomic E-state index is -0.325. The van der Waals surface area contributed by atoms with Crippen molar-refractivity contribution in [3.8, 4) is 22.8 Å². The summed E-state index contributed by atoms with van der Waals surface area (Å²) in [4.78, 5) is 18.1. The molecule has 4 rings (SSSR count). The van der Waals surface area contributed by atoms with E-state index in [1.165, 1.54) is 7.11 Å². The first-order chi connectivity index (χ1) is 14.1. The molecule has 0 fully saturated rings. The second-order valence-electron chi connectivity index (χ2n) is 6.44. The van der Waals surface area contributed by atoms with Gasteiger partial charge in [0.2, 0.25) is 13.1 Å². The quantitative estimate of drug-likeness (QED) is 0.252. The Balaban J connectivity index is 1.73. The highest BCUT2D eigenvalue weighted by atomic mass is 79.9. The molecule has 10 heteroatoms. The van der Waals surface area contributed by atoms with Crippen molar-refractivity contribution in [3.05, 3.63) is 46.9 Å². The number of hydrogen-bond donors (Lipinski definition) is 0. The van der Waals surface area contributed by atoms with Gasteiger partial charge in [0.1, 0.15) is 5.52 Å². The fourth-order valence-electron chi connectivity index (χ4n) is 3.07. The number of halogens is 1. The number of nitrogens with zero attached hydrogens (tertiary/aromatic N) is 5. The number of carbonyl (C=O) groups excluding carboxylic acids is 1. The van der Waals surface area contributed by atoms with Crippen LogP contribution in [0.4, 0.5) is 0 Å². The Morgan fingerprint density at radius 1 is 1.31 bits per heavy atom. The van der Waals surface area contributed by atoms with Crippen LogP contribution in [0, 0.1) is 0 Å². The van der Waals surface area contributed by atoms with Crippen molar-refractivity contribution in [3.63, 3.8) is 0 Å². The molecule has 0 spiro atoms. The van der Waals surface area contributed by atoms with Gasteiger partial charge in [-0.2, -0.15) is 4.98 Å². The summed E-state index contributed by atoms with van der Waals surface area (Å²) in [5, 5.41) is 8.75. The highest BCUT2D eigenvalue weighted by molar-refractivity contribution is 9.10. The van der Waals surface area contributed by atoms with E-state index in [0.717, 1.165) is 33.9 Å². The number of hydrogen-bond acceptors (Lipinski definition) is 6. The Morgan fingerprint density at radius 2 is 2.14 bits per heavy atom. The summed E-state index contributed by atoms with van der Waals surface area (Å²) in [6.45, 7) is 2.16. The van der Waals surface area contributed by atoms with E-state index >= 15 is 0 Å². The van der Waals surface area contributed by atoms with Crippen molar-refractivity contribution in [1.82, 2.24) is 19.9 Å². The second-order valence-corrected chi connectivity index (χ2v) is 7.29. The summed E-state index contributed by atoms with van der Waals surface area (Å²) in [5.41, 5.74) is 3.19. The van der Waals surface area contributed by atoms with Gasteiger partial charge >= 0.3 is 5.97 Å². The van der Waals surface area contributed by atoms with Gasteiger partial charge in [0.25, 0.3) is 5.89 Å². The van der Waals surface area contributed by atoms with Crippen LogP contribution in [0.25, 0.3) is 33.9 Å². The zero-order valence-corrected chi connectivity index (χ0v) is 17.6. The molecular weight excluding hydrogens is 437 g/mol. The van der Waals surface area contributed by atoms with Crippen molar-refractivity contribution < 1.29 is 18.9 Å². The van der Waals surface area contributed by atoms with Crippen LogP contribution in [0.15, 0.2) is 51.5 Å². The van der Waals surface area contributed by atoms with Gasteiger partial charge in [-0.15, -0.1) is 4.68 Å². The summed E-state index contributed by atoms with van der Waals surface area (Å²) < 4.78 is 13.0. The van der Waals surface area contributed by atoms with Crippen LogP contribution >= 0.6 is 15.9 Å². The lowest BCUT2D eigenvalue weighted by Gasteiger charge is -2.00. The molecule has 4 aromatic rings. The van der Waals surface area contributed by atoms with Crippen LogP contribution in [-0.4, -0.2) is 40.3 Å². The van der Waals surface area contributed by atoms with Gasteiger partial charge in [0.15, 0.2) is 18.5 Å². The maximum atomic E-state index is 11.8. The van der Waals surface area contributed by atoms with E-state index in [2.05, 4.69) is 38.0 Å². The number of aromatic nitrogens is 5. The van der Waals surface area contributed by atoms with E-state index in [1.807, 2.05) is 47.1 Å². The minimum Gasteiger partial charge on any atom is -0.468 e. The SMILES string of the molecule is CBC[n+]1nc2cc(-c3noc(-c4ccccc4Br)n3)ccc2n1CC(=O)OC. The van der Waals surface area contributed by atoms with E-state index in [4.69, 9.17) is 9.26 Å². The molecule has 0 unspecified atom stereocenters. The molecule has 0 aliphatic heterocycles. The molecule has 0 aliphatic rings. The number of methoxy groups -OCH3 is 1. The first-order valence-corrected chi connectivity index (χ1v) is 9.96. The fourth-order valence-corrected chi connectivity index (χ4v) is 3.53. The lowest BCUT2D eigenvalue weighted by Crippen LogP contribution is -2.48. The number of benzene rings is 2. The predicted octanol–water partition coefficient (Wildman–Crippen LogP) is 2.42. The molecule has 2 heterocycles. The van der Waals surface area contributed by atoms with E-state index in [1.54, 1.807) is 4.80 Å². The van der Waals surface area contributed by atoms with Crippen LogP contribution in [0.2, 0.25) is 6.82 Å². The third kappa shape index (κ3) is 3.80. The zero-order chi connectivity index (χ0) is 20.4. The average Bonchev–Trinajstić information content (AvgIpc) is 3.34. The van der Waals surface area contributed by atoms with E-state index in [0.29, 0.717) is 18.2 Å². The summed E-state index contributed by atoms with van der Waals surface area (Å²) in [6, 6.07) is 13.4. The minimum absolute atomic E-state index is 0.0980. The van der Waals surface area contributed by atoms with Crippen molar-refractivity contribution in [2.75, 3.05) is 7.11 Å². The van der Waals surface area contributed by atoms with Gasteiger partial charge in [0.05, 0.1) is 12.7 Å². The van der Waals surface area contributed by atoms with Crippen molar-refractivity contribution >= 4 is 40.2 Å². The average molecular weight is 455 g/mol. The molecular formula is C19H18BBrN5O3+. The summed E-state index contributed by atoms with van der Waals surface area (Å²) in [6.07, 6.45) is 0.690. The Kier molecular flexibility index (Phi) is 5.44. The second kappa shape index (κ2) is 8.16. The van der Waals surface area contributed by atoms with Crippen LogP contribution in [0.3, 0.4) is 0 Å². The van der Waals surface area contributed by atoms with E-state index < -0.39 is 0 Å². The van der Waals surface area contributed by atoms with Gasteiger partial charge in [-0.3, -0.25) is 0 Å². The summed E-state index contributed by atoms with van der Waals surface area (Å²) in [5.74, 6) is 0.585. The molecule has 0 aliphatic carbocycles. The molecule has 0 saturated heterocycles. The smallest absolute Gasteiger partial charge is 0.331 e. The van der Waals surface area contributed by atoms with E-state index in [-0.39, 0.29) is 12.5 Å². The number of fused-ring (bicyclic) bond motifs is 1. The molecule has 0 atom stereocenters.